The number of esters is 1. The zero-order valence-corrected chi connectivity index (χ0v) is 11.9. The second kappa shape index (κ2) is 6.69. The molecule has 2 aromatic rings. The van der Waals surface area contributed by atoms with Gasteiger partial charge >= 0.3 is 5.97 Å². The molecule has 0 spiro atoms. The number of rotatable bonds is 5. The lowest BCUT2D eigenvalue weighted by atomic mass is 10.1. The molecule has 0 fully saturated rings. The lowest BCUT2D eigenvalue weighted by molar-refractivity contribution is -0.119. The van der Waals surface area contributed by atoms with Gasteiger partial charge in [0.2, 0.25) is 5.76 Å². The summed E-state index contributed by atoms with van der Waals surface area (Å²) < 4.78 is 9.58. The van der Waals surface area contributed by atoms with Gasteiger partial charge in [-0.1, -0.05) is 24.2 Å². The van der Waals surface area contributed by atoms with Crippen LogP contribution in [0.4, 0.5) is 5.69 Å². The molecule has 0 saturated carbocycles. The van der Waals surface area contributed by atoms with Gasteiger partial charge in [0.15, 0.2) is 6.61 Å². The van der Waals surface area contributed by atoms with Crippen molar-refractivity contribution in [3.8, 4) is 0 Å². The van der Waals surface area contributed by atoms with Gasteiger partial charge in [-0.2, -0.15) is 0 Å². The molecular formula is C15H16N2O4. The van der Waals surface area contributed by atoms with E-state index in [1.807, 2.05) is 12.1 Å². The third kappa shape index (κ3) is 4.17. The van der Waals surface area contributed by atoms with Crippen molar-refractivity contribution in [2.24, 2.45) is 0 Å². The van der Waals surface area contributed by atoms with E-state index in [1.54, 1.807) is 19.1 Å². The molecule has 6 nitrogen and oxygen atoms in total. The van der Waals surface area contributed by atoms with Gasteiger partial charge in [0.1, 0.15) is 0 Å². The van der Waals surface area contributed by atoms with Crippen LogP contribution in [-0.2, 0) is 16.0 Å². The van der Waals surface area contributed by atoms with E-state index in [2.05, 4.69) is 17.4 Å². The molecule has 1 aromatic carbocycles. The quantitative estimate of drug-likeness (QED) is 0.854. The largest absolute Gasteiger partial charge is 0.450 e. The topological polar surface area (TPSA) is 81.4 Å². The van der Waals surface area contributed by atoms with Gasteiger partial charge in [-0.05, 0) is 31.0 Å². The number of nitrogens with one attached hydrogen (secondary N) is 1. The molecule has 21 heavy (non-hydrogen) atoms. The standard InChI is InChI=1S/C15H16N2O4/c1-3-11-4-6-12(7-5-11)16-14(18)9-20-15(19)13-8-10(2)17-21-13/h4-8H,3,9H2,1-2H3,(H,16,18). The molecule has 0 radical (unpaired) electrons. The van der Waals surface area contributed by atoms with E-state index >= 15 is 0 Å². The number of aryl methyl sites for hydroxylation is 2. The fraction of sp³-hybridized carbons (Fsp3) is 0.267. The molecule has 0 unspecified atom stereocenters. The summed E-state index contributed by atoms with van der Waals surface area (Å²) in [6.45, 7) is 3.36. The molecule has 0 aliphatic rings. The van der Waals surface area contributed by atoms with Gasteiger partial charge in [-0.15, -0.1) is 0 Å². The Morgan fingerprint density at radius 3 is 2.57 bits per heavy atom. The molecule has 0 bridgehead atoms. The van der Waals surface area contributed by atoms with Crippen LogP contribution >= 0.6 is 0 Å². The molecule has 0 atom stereocenters. The summed E-state index contributed by atoms with van der Waals surface area (Å²) in [5.41, 5.74) is 2.41. The summed E-state index contributed by atoms with van der Waals surface area (Å²) in [6.07, 6.45) is 0.933. The predicted octanol–water partition coefficient (Wildman–Crippen LogP) is 2.34. The average Bonchev–Trinajstić information content (AvgIpc) is 2.92. The molecule has 1 aromatic heterocycles. The fourth-order valence-corrected chi connectivity index (χ4v) is 1.68. The summed E-state index contributed by atoms with van der Waals surface area (Å²) >= 11 is 0. The molecule has 0 aliphatic carbocycles. The van der Waals surface area contributed by atoms with Crippen LogP contribution in [0, 0.1) is 6.92 Å². The molecule has 2 rings (SSSR count). The summed E-state index contributed by atoms with van der Waals surface area (Å²) in [6, 6.07) is 8.91. The van der Waals surface area contributed by atoms with E-state index in [9.17, 15) is 9.59 Å². The highest BCUT2D eigenvalue weighted by Crippen LogP contribution is 2.10. The van der Waals surface area contributed by atoms with Crippen molar-refractivity contribution in [1.82, 2.24) is 5.16 Å². The first kappa shape index (κ1) is 14.8. The third-order valence-corrected chi connectivity index (χ3v) is 2.81. The Bertz CT molecular complexity index is 631. The van der Waals surface area contributed by atoms with E-state index in [-0.39, 0.29) is 12.4 Å². The summed E-state index contributed by atoms with van der Waals surface area (Å²) in [7, 11) is 0. The number of carbonyl (C=O) groups is 2. The number of amides is 1. The first-order valence-electron chi connectivity index (χ1n) is 6.57. The summed E-state index contributed by atoms with van der Waals surface area (Å²) in [5, 5.41) is 6.22. The number of aromatic nitrogens is 1. The first-order chi connectivity index (χ1) is 10.1. The Morgan fingerprint density at radius 1 is 1.29 bits per heavy atom. The maximum Gasteiger partial charge on any atom is 0.377 e. The van der Waals surface area contributed by atoms with Gasteiger partial charge < -0.3 is 14.6 Å². The van der Waals surface area contributed by atoms with Crippen molar-refractivity contribution < 1.29 is 18.8 Å². The van der Waals surface area contributed by atoms with E-state index < -0.39 is 11.9 Å². The minimum Gasteiger partial charge on any atom is -0.450 e. The van der Waals surface area contributed by atoms with E-state index in [1.165, 1.54) is 11.6 Å². The van der Waals surface area contributed by atoms with Crippen LogP contribution < -0.4 is 5.32 Å². The summed E-state index contributed by atoms with van der Waals surface area (Å²) in [5.74, 6) is -1.15. The second-order valence-corrected chi connectivity index (χ2v) is 4.51. The van der Waals surface area contributed by atoms with Crippen LogP contribution in [0.5, 0.6) is 0 Å². The molecule has 1 N–H and O–H groups in total. The van der Waals surface area contributed by atoms with Crippen molar-refractivity contribution in [2.75, 3.05) is 11.9 Å². The zero-order valence-electron chi connectivity index (χ0n) is 11.9. The molecule has 6 heteroatoms. The van der Waals surface area contributed by atoms with E-state index in [0.29, 0.717) is 11.4 Å². The van der Waals surface area contributed by atoms with Crippen molar-refractivity contribution in [1.29, 1.82) is 0 Å². The maximum atomic E-state index is 11.7. The molecule has 0 saturated heterocycles. The lowest BCUT2D eigenvalue weighted by Crippen LogP contribution is -2.20. The maximum absolute atomic E-state index is 11.7. The number of hydrogen-bond donors (Lipinski definition) is 1. The van der Waals surface area contributed by atoms with Gasteiger partial charge in [0.25, 0.3) is 5.91 Å². The number of nitrogens with zero attached hydrogens (tertiary/aromatic N) is 1. The Labute approximate surface area is 122 Å². The highest BCUT2D eigenvalue weighted by atomic mass is 16.6. The molecular weight excluding hydrogens is 272 g/mol. The number of carbonyl (C=O) groups excluding carboxylic acids is 2. The Kier molecular flexibility index (Phi) is 4.71. The monoisotopic (exact) mass is 288 g/mol. The molecule has 1 heterocycles. The van der Waals surface area contributed by atoms with Gasteiger partial charge in [0, 0.05) is 11.8 Å². The third-order valence-electron chi connectivity index (χ3n) is 2.81. The van der Waals surface area contributed by atoms with Crippen molar-refractivity contribution in [2.45, 2.75) is 20.3 Å². The van der Waals surface area contributed by atoms with Gasteiger partial charge in [-0.3, -0.25) is 4.79 Å². The highest BCUT2D eigenvalue weighted by Gasteiger charge is 2.14. The first-order valence-corrected chi connectivity index (χ1v) is 6.57. The van der Waals surface area contributed by atoms with Crippen molar-refractivity contribution >= 4 is 17.6 Å². The molecule has 0 aliphatic heterocycles. The van der Waals surface area contributed by atoms with Crippen LogP contribution in [0.3, 0.4) is 0 Å². The molecule has 110 valence electrons. The van der Waals surface area contributed by atoms with E-state index in [0.717, 1.165) is 6.42 Å². The Hall–Kier alpha value is -2.63. The lowest BCUT2D eigenvalue weighted by Gasteiger charge is -2.06. The molecule has 1 amide bonds. The highest BCUT2D eigenvalue weighted by molar-refractivity contribution is 5.94. The normalized spacial score (nSPS) is 10.2. The van der Waals surface area contributed by atoms with Crippen LogP contribution in [-0.4, -0.2) is 23.6 Å². The number of ether oxygens (including phenoxy) is 1. The number of benzene rings is 1. The SMILES string of the molecule is CCc1ccc(NC(=O)COC(=O)c2cc(C)no2)cc1. The van der Waals surface area contributed by atoms with Crippen LogP contribution in [0.2, 0.25) is 0 Å². The van der Waals surface area contributed by atoms with Crippen LogP contribution in [0.1, 0.15) is 28.7 Å². The Balaban J connectivity index is 1.82. The van der Waals surface area contributed by atoms with Gasteiger partial charge in [0.05, 0.1) is 5.69 Å². The predicted molar refractivity (Wildman–Crippen MR) is 76.0 cm³/mol. The van der Waals surface area contributed by atoms with Crippen molar-refractivity contribution in [3.63, 3.8) is 0 Å². The zero-order chi connectivity index (χ0) is 15.2. The second-order valence-electron chi connectivity index (χ2n) is 4.51. The average molecular weight is 288 g/mol. The minimum absolute atomic E-state index is 0.0207. The number of hydrogen-bond acceptors (Lipinski definition) is 5. The minimum atomic E-state index is -0.716. The van der Waals surface area contributed by atoms with Crippen molar-refractivity contribution in [3.05, 3.63) is 47.3 Å². The summed E-state index contributed by atoms with van der Waals surface area (Å²) in [4.78, 5) is 23.2. The fourth-order valence-electron chi connectivity index (χ4n) is 1.68. The smallest absolute Gasteiger partial charge is 0.377 e. The Morgan fingerprint density at radius 2 is 2.00 bits per heavy atom. The van der Waals surface area contributed by atoms with Gasteiger partial charge in [-0.25, -0.2) is 4.79 Å². The van der Waals surface area contributed by atoms with Crippen LogP contribution in [0.15, 0.2) is 34.9 Å². The number of anilines is 1. The van der Waals surface area contributed by atoms with Crippen LogP contribution in [0.25, 0.3) is 0 Å². The van der Waals surface area contributed by atoms with E-state index in [4.69, 9.17) is 9.26 Å².